The largest absolute Gasteiger partial charge is 0.381 e. The molecule has 1 aliphatic heterocycles. The number of pyridine rings is 1. The molecule has 0 bridgehead atoms. The van der Waals surface area contributed by atoms with Crippen molar-refractivity contribution in [3.05, 3.63) is 36.8 Å². The van der Waals surface area contributed by atoms with Crippen molar-refractivity contribution in [1.82, 2.24) is 14.5 Å². The SMILES string of the molecule is c1ccc(-c2nccn2CC2CCCOC2)nc1. The summed E-state index contributed by atoms with van der Waals surface area (Å²) < 4.78 is 7.71. The average Bonchev–Trinajstić information content (AvgIpc) is 2.89. The standard InChI is InChI=1S/C14H17N3O/c1-2-6-15-13(5-1)14-16-7-8-17(14)10-12-4-3-9-18-11-12/h1-2,5-8,12H,3-4,9-11H2. The minimum absolute atomic E-state index is 0.593. The molecule has 4 nitrogen and oxygen atoms in total. The molecule has 1 atom stereocenters. The number of aromatic nitrogens is 3. The van der Waals surface area contributed by atoms with Gasteiger partial charge in [0, 0.05) is 37.7 Å². The normalized spacial score (nSPS) is 19.9. The van der Waals surface area contributed by atoms with Crippen molar-refractivity contribution in [2.75, 3.05) is 13.2 Å². The molecule has 1 aliphatic rings. The van der Waals surface area contributed by atoms with E-state index in [2.05, 4.69) is 14.5 Å². The molecule has 1 unspecified atom stereocenters. The zero-order valence-electron chi connectivity index (χ0n) is 10.3. The van der Waals surface area contributed by atoms with Gasteiger partial charge in [-0.2, -0.15) is 0 Å². The van der Waals surface area contributed by atoms with Crippen molar-refractivity contribution in [3.63, 3.8) is 0 Å². The van der Waals surface area contributed by atoms with Gasteiger partial charge < -0.3 is 9.30 Å². The van der Waals surface area contributed by atoms with Crippen LogP contribution >= 0.6 is 0 Å². The first-order valence-corrected chi connectivity index (χ1v) is 6.44. The van der Waals surface area contributed by atoms with Crippen molar-refractivity contribution in [2.24, 2.45) is 5.92 Å². The van der Waals surface area contributed by atoms with Gasteiger partial charge in [-0.25, -0.2) is 4.98 Å². The molecule has 0 aliphatic carbocycles. The second-order valence-corrected chi connectivity index (χ2v) is 4.70. The highest BCUT2D eigenvalue weighted by Crippen LogP contribution is 2.20. The average molecular weight is 243 g/mol. The Hall–Kier alpha value is -1.68. The Balaban J connectivity index is 1.79. The third kappa shape index (κ3) is 2.43. The van der Waals surface area contributed by atoms with E-state index in [-0.39, 0.29) is 0 Å². The van der Waals surface area contributed by atoms with E-state index in [1.54, 1.807) is 6.20 Å². The number of ether oxygens (including phenoxy) is 1. The third-order valence-corrected chi connectivity index (χ3v) is 3.32. The fraction of sp³-hybridized carbons (Fsp3) is 0.429. The highest BCUT2D eigenvalue weighted by molar-refractivity contribution is 5.48. The van der Waals surface area contributed by atoms with Gasteiger partial charge in [-0.3, -0.25) is 4.98 Å². The molecule has 0 radical (unpaired) electrons. The van der Waals surface area contributed by atoms with Crippen LogP contribution in [0.5, 0.6) is 0 Å². The molecule has 3 rings (SSSR count). The summed E-state index contributed by atoms with van der Waals surface area (Å²) in [6.07, 6.45) is 8.07. The van der Waals surface area contributed by atoms with E-state index >= 15 is 0 Å². The first kappa shape index (κ1) is 11.4. The van der Waals surface area contributed by atoms with E-state index in [1.165, 1.54) is 6.42 Å². The van der Waals surface area contributed by atoms with Gasteiger partial charge in [-0.05, 0) is 25.0 Å². The molecule has 18 heavy (non-hydrogen) atoms. The Labute approximate surface area is 107 Å². The van der Waals surface area contributed by atoms with Crippen LogP contribution in [0.1, 0.15) is 12.8 Å². The van der Waals surface area contributed by atoms with Gasteiger partial charge in [0.15, 0.2) is 5.82 Å². The maximum atomic E-state index is 5.53. The number of hydrogen-bond acceptors (Lipinski definition) is 3. The first-order valence-electron chi connectivity index (χ1n) is 6.44. The van der Waals surface area contributed by atoms with Gasteiger partial charge in [0.05, 0.1) is 6.61 Å². The summed E-state index contributed by atoms with van der Waals surface area (Å²) in [5, 5.41) is 0. The van der Waals surface area contributed by atoms with E-state index in [4.69, 9.17) is 4.74 Å². The molecule has 0 saturated carbocycles. The maximum Gasteiger partial charge on any atom is 0.158 e. The Morgan fingerprint density at radius 2 is 2.28 bits per heavy atom. The lowest BCUT2D eigenvalue weighted by Crippen LogP contribution is -2.22. The zero-order valence-corrected chi connectivity index (χ0v) is 10.3. The molecule has 1 fully saturated rings. The maximum absolute atomic E-state index is 5.53. The Morgan fingerprint density at radius 1 is 1.28 bits per heavy atom. The predicted molar refractivity (Wildman–Crippen MR) is 69.0 cm³/mol. The molecular formula is C14H17N3O. The minimum Gasteiger partial charge on any atom is -0.381 e. The van der Waals surface area contributed by atoms with E-state index in [1.807, 2.05) is 30.6 Å². The van der Waals surface area contributed by atoms with Crippen LogP contribution in [0.4, 0.5) is 0 Å². The Morgan fingerprint density at radius 3 is 3.06 bits per heavy atom. The summed E-state index contributed by atoms with van der Waals surface area (Å²) in [5.41, 5.74) is 0.930. The van der Waals surface area contributed by atoms with Crippen molar-refractivity contribution >= 4 is 0 Å². The smallest absolute Gasteiger partial charge is 0.158 e. The quantitative estimate of drug-likeness (QED) is 0.831. The fourth-order valence-electron chi connectivity index (χ4n) is 2.41. The van der Waals surface area contributed by atoms with Gasteiger partial charge in [0.2, 0.25) is 0 Å². The second-order valence-electron chi connectivity index (χ2n) is 4.70. The van der Waals surface area contributed by atoms with Crippen LogP contribution in [0.15, 0.2) is 36.8 Å². The Bertz CT molecular complexity index is 489. The topological polar surface area (TPSA) is 39.9 Å². The summed E-state index contributed by atoms with van der Waals surface area (Å²) in [6.45, 7) is 2.74. The van der Waals surface area contributed by atoms with E-state index in [0.29, 0.717) is 5.92 Å². The van der Waals surface area contributed by atoms with Crippen molar-refractivity contribution in [1.29, 1.82) is 0 Å². The van der Waals surface area contributed by atoms with Crippen LogP contribution in [0.25, 0.3) is 11.5 Å². The molecule has 0 N–H and O–H groups in total. The number of nitrogens with zero attached hydrogens (tertiary/aromatic N) is 3. The molecule has 4 heteroatoms. The zero-order chi connectivity index (χ0) is 12.2. The molecule has 0 aromatic carbocycles. The number of hydrogen-bond donors (Lipinski definition) is 0. The lowest BCUT2D eigenvalue weighted by molar-refractivity contribution is 0.0485. The molecule has 2 aromatic rings. The van der Waals surface area contributed by atoms with Crippen LogP contribution in [-0.4, -0.2) is 27.7 Å². The summed E-state index contributed by atoms with van der Waals surface area (Å²) in [5.74, 6) is 1.54. The van der Waals surface area contributed by atoms with Gasteiger partial charge in [0.1, 0.15) is 5.69 Å². The fourth-order valence-corrected chi connectivity index (χ4v) is 2.41. The second kappa shape index (κ2) is 5.31. The van der Waals surface area contributed by atoms with Crippen LogP contribution in [-0.2, 0) is 11.3 Å². The summed E-state index contributed by atoms with van der Waals surface area (Å²) in [7, 11) is 0. The van der Waals surface area contributed by atoms with Crippen LogP contribution in [0, 0.1) is 5.92 Å². The first-order chi connectivity index (χ1) is 8.93. The molecule has 3 heterocycles. The lowest BCUT2D eigenvalue weighted by Gasteiger charge is -2.23. The Kier molecular flexibility index (Phi) is 3.37. The van der Waals surface area contributed by atoms with Crippen molar-refractivity contribution in [3.8, 4) is 11.5 Å². The highest BCUT2D eigenvalue weighted by atomic mass is 16.5. The summed E-state index contributed by atoms with van der Waals surface area (Å²) in [6, 6.07) is 5.91. The highest BCUT2D eigenvalue weighted by Gasteiger charge is 2.16. The van der Waals surface area contributed by atoms with Gasteiger partial charge in [-0.1, -0.05) is 6.07 Å². The lowest BCUT2D eigenvalue weighted by atomic mass is 10.0. The molecular weight excluding hydrogens is 226 g/mol. The van der Waals surface area contributed by atoms with Gasteiger partial charge in [-0.15, -0.1) is 0 Å². The van der Waals surface area contributed by atoms with E-state index < -0.39 is 0 Å². The van der Waals surface area contributed by atoms with Crippen LogP contribution in [0.3, 0.4) is 0 Å². The summed E-state index contributed by atoms with van der Waals surface area (Å²) >= 11 is 0. The predicted octanol–water partition coefficient (Wildman–Crippen LogP) is 2.37. The summed E-state index contributed by atoms with van der Waals surface area (Å²) in [4.78, 5) is 8.77. The van der Waals surface area contributed by atoms with Crippen LogP contribution in [0.2, 0.25) is 0 Å². The van der Waals surface area contributed by atoms with Crippen LogP contribution < -0.4 is 0 Å². The molecule has 94 valence electrons. The molecule has 0 amide bonds. The van der Waals surface area contributed by atoms with E-state index in [9.17, 15) is 0 Å². The molecule has 0 spiro atoms. The van der Waals surface area contributed by atoms with Crippen molar-refractivity contribution < 1.29 is 4.74 Å². The monoisotopic (exact) mass is 243 g/mol. The van der Waals surface area contributed by atoms with Gasteiger partial charge in [0.25, 0.3) is 0 Å². The number of rotatable bonds is 3. The minimum atomic E-state index is 0.593. The van der Waals surface area contributed by atoms with Crippen molar-refractivity contribution in [2.45, 2.75) is 19.4 Å². The van der Waals surface area contributed by atoms with Gasteiger partial charge >= 0.3 is 0 Å². The molecule has 2 aromatic heterocycles. The molecule has 1 saturated heterocycles. The third-order valence-electron chi connectivity index (χ3n) is 3.32. The number of imidazole rings is 1. The van der Waals surface area contributed by atoms with E-state index in [0.717, 1.165) is 37.7 Å².